The van der Waals surface area contributed by atoms with E-state index in [0.717, 1.165) is 5.56 Å². The molecule has 3 aromatic rings. The fourth-order valence-electron chi connectivity index (χ4n) is 3.08. The first-order chi connectivity index (χ1) is 13.6. The Morgan fingerprint density at radius 1 is 0.857 bits per heavy atom. The number of amides is 2. The Balaban J connectivity index is 1.89. The van der Waals surface area contributed by atoms with E-state index >= 15 is 0 Å². The summed E-state index contributed by atoms with van der Waals surface area (Å²) >= 11 is 5.59. The van der Waals surface area contributed by atoms with Gasteiger partial charge in [0.05, 0.1) is 17.6 Å². The van der Waals surface area contributed by atoms with E-state index in [1.54, 1.807) is 24.3 Å². The minimum Gasteiger partial charge on any atom is -0.465 e. The van der Waals surface area contributed by atoms with Gasteiger partial charge in [0.2, 0.25) is 0 Å². The third-order valence-corrected chi connectivity index (χ3v) is 4.82. The van der Waals surface area contributed by atoms with Crippen LogP contribution in [0.3, 0.4) is 0 Å². The first-order valence-electron chi connectivity index (χ1n) is 8.66. The van der Waals surface area contributed by atoms with Crippen molar-refractivity contribution in [1.29, 1.82) is 0 Å². The summed E-state index contributed by atoms with van der Waals surface area (Å²) in [5.41, 5.74) is 2.08. The lowest BCUT2D eigenvalue weighted by Gasteiger charge is -2.37. The predicted molar refractivity (Wildman–Crippen MR) is 112 cm³/mol. The molecule has 2 amide bonds. The monoisotopic (exact) mass is 388 g/mol. The van der Waals surface area contributed by atoms with Gasteiger partial charge in [-0.25, -0.2) is 0 Å². The lowest BCUT2D eigenvalue weighted by Crippen LogP contribution is -2.57. The van der Waals surface area contributed by atoms with Gasteiger partial charge in [0.15, 0.2) is 5.11 Å². The van der Waals surface area contributed by atoms with Crippen LogP contribution >= 0.6 is 12.2 Å². The van der Waals surface area contributed by atoms with E-state index in [2.05, 4.69) is 0 Å². The molecule has 2 aromatic carbocycles. The summed E-state index contributed by atoms with van der Waals surface area (Å²) in [5, 5.41) is 0.118. The number of benzene rings is 2. The Morgan fingerprint density at radius 3 is 2.21 bits per heavy atom. The summed E-state index contributed by atoms with van der Waals surface area (Å²) in [4.78, 5) is 29.3. The molecule has 0 radical (unpaired) electrons. The quantitative estimate of drug-likeness (QED) is 0.381. The number of rotatable bonds is 3. The Morgan fingerprint density at radius 2 is 1.54 bits per heavy atom. The van der Waals surface area contributed by atoms with Crippen LogP contribution in [0.5, 0.6) is 0 Å². The van der Waals surface area contributed by atoms with Crippen LogP contribution in [0.25, 0.3) is 6.08 Å². The van der Waals surface area contributed by atoms with E-state index < -0.39 is 11.8 Å². The molecule has 1 aromatic heterocycles. The van der Waals surface area contributed by atoms with Crippen molar-refractivity contribution in [1.82, 2.24) is 0 Å². The fourth-order valence-corrected chi connectivity index (χ4v) is 3.45. The molecule has 138 valence electrons. The Labute approximate surface area is 167 Å². The van der Waals surface area contributed by atoms with Gasteiger partial charge in [-0.15, -0.1) is 0 Å². The molecule has 28 heavy (non-hydrogen) atoms. The van der Waals surface area contributed by atoms with Crippen LogP contribution < -0.4 is 9.80 Å². The largest absolute Gasteiger partial charge is 0.465 e. The second-order valence-corrected chi connectivity index (χ2v) is 6.62. The highest BCUT2D eigenvalue weighted by Gasteiger charge is 2.41. The minimum absolute atomic E-state index is 0.0179. The van der Waals surface area contributed by atoms with E-state index in [1.807, 2.05) is 49.4 Å². The summed E-state index contributed by atoms with van der Waals surface area (Å²) < 4.78 is 5.31. The van der Waals surface area contributed by atoms with E-state index in [9.17, 15) is 9.59 Å². The zero-order valence-electron chi connectivity index (χ0n) is 15.0. The van der Waals surface area contributed by atoms with Crippen LogP contribution in [0.2, 0.25) is 0 Å². The number of carbonyl (C=O) groups is 2. The zero-order valence-corrected chi connectivity index (χ0v) is 15.8. The topological polar surface area (TPSA) is 53.8 Å². The molecule has 0 bridgehead atoms. The molecular formula is C22H16N2O3S. The maximum absolute atomic E-state index is 13.3. The molecule has 1 aliphatic heterocycles. The standard InChI is InChI=1S/C22H16N2O3S/c1-15-8-5-6-12-19(15)24-21(26)18(14-17-11-7-13-27-17)20(25)23(22(24)28)16-9-3-2-4-10-16/h2-14H,1H3/b18-14-. The van der Waals surface area contributed by atoms with Gasteiger partial charge in [0, 0.05) is 0 Å². The number of hydrogen-bond acceptors (Lipinski definition) is 4. The average Bonchev–Trinajstić information content (AvgIpc) is 3.21. The molecule has 0 saturated carbocycles. The van der Waals surface area contributed by atoms with Crippen molar-refractivity contribution < 1.29 is 14.0 Å². The van der Waals surface area contributed by atoms with E-state index in [0.29, 0.717) is 17.1 Å². The van der Waals surface area contributed by atoms with Crippen LogP contribution in [-0.4, -0.2) is 16.9 Å². The molecule has 0 N–H and O–H groups in total. The van der Waals surface area contributed by atoms with E-state index in [1.165, 1.54) is 22.1 Å². The van der Waals surface area contributed by atoms with Crippen molar-refractivity contribution in [2.45, 2.75) is 6.92 Å². The van der Waals surface area contributed by atoms with Gasteiger partial charge < -0.3 is 4.42 Å². The van der Waals surface area contributed by atoms with Crippen molar-refractivity contribution in [3.63, 3.8) is 0 Å². The second-order valence-electron chi connectivity index (χ2n) is 6.26. The van der Waals surface area contributed by atoms with Crippen LogP contribution in [0.4, 0.5) is 11.4 Å². The van der Waals surface area contributed by atoms with Crippen molar-refractivity contribution >= 4 is 46.6 Å². The summed E-state index contributed by atoms with van der Waals surface area (Å²) in [6.45, 7) is 1.89. The number of furan rings is 1. The average molecular weight is 388 g/mol. The summed E-state index contributed by atoms with van der Waals surface area (Å²) in [6.07, 6.45) is 2.94. The molecule has 0 aliphatic carbocycles. The van der Waals surface area contributed by atoms with Crippen molar-refractivity contribution in [3.05, 3.63) is 89.9 Å². The number of hydrogen-bond donors (Lipinski definition) is 0. The number of anilines is 2. The van der Waals surface area contributed by atoms with Crippen LogP contribution in [-0.2, 0) is 9.59 Å². The predicted octanol–water partition coefficient (Wildman–Crippen LogP) is 4.34. The number of thiocarbonyl (C=S) groups is 1. The molecule has 2 heterocycles. The fraction of sp³-hybridized carbons (Fsp3) is 0.0455. The van der Waals surface area contributed by atoms with Crippen LogP contribution in [0.15, 0.2) is 83.0 Å². The van der Waals surface area contributed by atoms with Crippen LogP contribution in [0.1, 0.15) is 11.3 Å². The molecule has 0 atom stereocenters. The molecule has 4 rings (SSSR count). The highest BCUT2D eigenvalue weighted by molar-refractivity contribution is 7.81. The second kappa shape index (κ2) is 7.25. The summed E-state index contributed by atoms with van der Waals surface area (Å²) in [5.74, 6) is -0.544. The van der Waals surface area contributed by atoms with Crippen molar-refractivity contribution in [3.8, 4) is 0 Å². The highest BCUT2D eigenvalue weighted by atomic mass is 32.1. The summed E-state index contributed by atoms with van der Waals surface area (Å²) in [7, 11) is 0. The molecule has 1 aliphatic rings. The first kappa shape index (κ1) is 17.9. The number of aryl methyl sites for hydroxylation is 1. The third-order valence-electron chi connectivity index (χ3n) is 4.45. The maximum Gasteiger partial charge on any atom is 0.270 e. The minimum atomic E-state index is -0.484. The maximum atomic E-state index is 13.3. The molecule has 1 fully saturated rings. The van der Waals surface area contributed by atoms with Crippen molar-refractivity contribution in [2.24, 2.45) is 0 Å². The molecule has 6 heteroatoms. The van der Waals surface area contributed by atoms with Gasteiger partial charge in [0.1, 0.15) is 11.3 Å². The zero-order chi connectivity index (χ0) is 19.7. The highest BCUT2D eigenvalue weighted by Crippen LogP contribution is 2.31. The van der Waals surface area contributed by atoms with Gasteiger partial charge in [-0.05, 0) is 61.1 Å². The lowest BCUT2D eigenvalue weighted by molar-refractivity contribution is -0.120. The number of carbonyl (C=O) groups excluding carboxylic acids is 2. The smallest absolute Gasteiger partial charge is 0.270 e. The van der Waals surface area contributed by atoms with Gasteiger partial charge >= 0.3 is 0 Å². The van der Waals surface area contributed by atoms with Crippen LogP contribution in [0, 0.1) is 6.92 Å². The number of nitrogens with zero attached hydrogens (tertiary/aromatic N) is 2. The molecule has 5 nitrogen and oxygen atoms in total. The SMILES string of the molecule is Cc1ccccc1N1C(=O)/C(=C\c2ccco2)C(=O)N(c2ccccc2)C1=S. The Kier molecular flexibility index (Phi) is 4.63. The van der Waals surface area contributed by atoms with Gasteiger partial charge in [-0.1, -0.05) is 36.4 Å². The molecule has 1 saturated heterocycles. The Hall–Kier alpha value is -3.51. The Bertz CT molecular complexity index is 1090. The number of para-hydroxylation sites is 2. The van der Waals surface area contributed by atoms with Gasteiger partial charge in [-0.2, -0.15) is 0 Å². The van der Waals surface area contributed by atoms with E-state index in [-0.39, 0.29) is 10.7 Å². The normalized spacial score (nSPS) is 16.2. The lowest BCUT2D eigenvalue weighted by atomic mass is 10.1. The molecule has 0 spiro atoms. The van der Waals surface area contributed by atoms with E-state index in [4.69, 9.17) is 16.6 Å². The third kappa shape index (κ3) is 3.04. The van der Waals surface area contributed by atoms with Gasteiger partial charge in [-0.3, -0.25) is 19.4 Å². The first-order valence-corrected chi connectivity index (χ1v) is 9.07. The van der Waals surface area contributed by atoms with Gasteiger partial charge in [0.25, 0.3) is 11.8 Å². The molecule has 0 unspecified atom stereocenters. The summed E-state index contributed by atoms with van der Waals surface area (Å²) in [6, 6.07) is 19.8. The van der Waals surface area contributed by atoms with Crippen molar-refractivity contribution in [2.75, 3.05) is 9.80 Å². The molecular weight excluding hydrogens is 372 g/mol.